The lowest BCUT2D eigenvalue weighted by Crippen LogP contribution is -2.24. The van der Waals surface area contributed by atoms with E-state index in [-0.39, 0.29) is 5.41 Å². The number of nitrogen functional groups attached to an aromatic ring is 1. The SMILES string of the molecule is CCC(CSC)Nc1cc(NN)nc(C(C)(C)C)n1. The predicted molar refractivity (Wildman–Crippen MR) is 84.6 cm³/mol. The maximum absolute atomic E-state index is 5.48. The molecule has 0 aromatic carbocycles. The number of rotatable bonds is 6. The molecule has 0 aliphatic rings. The van der Waals surface area contributed by atoms with E-state index in [4.69, 9.17) is 5.84 Å². The smallest absolute Gasteiger partial charge is 0.145 e. The quantitative estimate of drug-likeness (QED) is 0.550. The van der Waals surface area contributed by atoms with Crippen LogP contribution >= 0.6 is 11.8 Å². The second-order valence-electron chi connectivity index (χ2n) is 5.56. The molecule has 1 aromatic rings. The molecule has 4 N–H and O–H groups in total. The third-order valence-electron chi connectivity index (χ3n) is 2.76. The number of hydrazine groups is 1. The van der Waals surface area contributed by atoms with Gasteiger partial charge in [0.15, 0.2) is 0 Å². The third-order valence-corrected chi connectivity index (χ3v) is 3.49. The average molecular weight is 283 g/mol. The zero-order valence-electron chi connectivity index (χ0n) is 12.4. The minimum atomic E-state index is -0.107. The molecule has 5 nitrogen and oxygen atoms in total. The van der Waals surface area contributed by atoms with E-state index in [0.717, 1.165) is 23.8 Å². The minimum Gasteiger partial charge on any atom is -0.366 e. The first kappa shape index (κ1) is 16.0. The fourth-order valence-corrected chi connectivity index (χ4v) is 2.32. The van der Waals surface area contributed by atoms with Gasteiger partial charge in [0, 0.05) is 23.3 Å². The Bertz CT molecular complexity index is 403. The van der Waals surface area contributed by atoms with Gasteiger partial charge in [-0.2, -0.15) is 11.8 Å². The van der Waals surface area contributed by atoms with Crippen LogP contribution in [-0.2, 0) is 5.41 Å². The summed E-state index contributed by atoms with van der Waals surface area (Å²) in [6.45, 7) is 8.44. The van der Waals surface area contributed by atoms with Gasteiger partial charge < -0.3 is 10.7 Å². The highest BCUT2D eigenvalue weighted by Crippen LogP contribution is 2.22. The molecule has 6 heteroatoms. The molecule has 108 valence electrons. The van der Waals surface area contributed by atoms with Crippen molar-refractivity contribution in [2.75, 3.05) is 22.8 Å². The molecule has 0 radical (unpaired) electrons. The normalized spacial score (nSPS) is 13.2. The summed E-state index contributed by atoms with van der Waals surface area (Å²) in [5, 5.41) is 3.45. The summed E-state index contributed by atoms with van der Waals surface area (Å²) in [6.07, 6.45) is 3.17. The standard InChI is InChI=1S/C13H25N5S/c1-6-9(8-19-5)15-10-7-11(18-14)17-12(16-10)13(2,3)4/h7,9H,6,8,14H2,1-5H3,(H2,15,16,17,18). The number of thioether (sulfide) groups is 1. The van der Waals surface area contributed by atoms with E-state index < -0.39 is 0 Å². The first-order chi connectivity index (χ1) is 8.90. The number of hydrogen-bond acceptors (Lipinski definition) is 6. The van der Waals surface area contributed by atoms with Gasteiger partial charge in [0.1, 0.15) is 17.5 Å². The maximum Gasteiger partial charge on any atom is 0.145 e. The molecule has 0 spiro atoms. The van der Waals surface area contributed by atoms with E-state index in [1.54, 1.807) is 0 Å². The van der Waals surface area contributed by atoms with Crippen LogP contribution in [0, 0.1) is 0 Å². The van der Waals surface area contributed by atoms with Crippen molar-refractivity contribution < 1.29 is 0 Å². The van der Waals surface area contributed by atoms with Crippen molar-refractivity contribution in [3.05, 3.63) is 11.9 Å². The molecule has 1 atom stereocenters. The summed E-state index contributed by atoms with van der Waals surface area (Å²) < 4.78 is 0. The predicted octanol–water partition coefficient (Wildman–Crippen LogP) is 2.61. The van der Waals surface area contributed by atoms with E-state index in [2.05, 4.69) is 54.7 Å². The molecule has 1 unspecified atom stereocenters. The summed E-state index contributed by atoms with van der Waals surface area (Å²) >= 11 is 1.83. The highest BCUT2D eigenvalue weighted by Gasteiger charge is 2.19. The summed E-state index contributed by atoms with van der Waals surface area (Å²) in [6, 6.07) is 2.25. The molecule has 1 aromatic heterocycles. The van der Waals surface area contributed by atoms with E-state index >= 15 is 0 Å². The molecule has 0 saturated carbocycles. The Balaban J connectivity index is 3.00. The van der Waals surface area contributed by atoms with Crippen LogP contribution in [0.4, 0.5) is 11.6 Å². The first-order valence-corrected chi connectivity index (χ1v) is 7.91. The van der Waals surface area contributed by atoms with Crippen LogP contribution in [-0.4, -0.2) is 28.0 Å². The van der Waals surface area contributed by atoms with Crippen LogP contribution < -0.4 is 16.6 Å². The first-order valence-electron chi connectivity index (χ1n) is 6.52. The summed E-state index contributed by atoms with van der Waals surface area (Å²) in [5.41, 5.74) is 2.50. The summed E-state index contributed by atoms with van der Waals surface area (Å²) in [7, 11) is 0. The highest BCUT2D eigenvalue weighted by molar-refractivity contribution is 7.98. The Labute approximate surface area is 120 Å². The lowest BCUT2D eigenvalue weighted by molar-refractivity contribution is 0.546. The fourth-order valence-electron chi connectivity index (χ4n) is 1.60. The Morgan fingerprint density at radius 3 is 2.42 bits per heavy atom. The number of anilines is 2. The van der Waals surface area contributed by atoms with Gasteiger partial charge in [-0.3, -0.25) is 0 Å². The van der Waals surface area contributed by atoms with Gasteiger partial charge in [-0.25, -0.2) is 15.8 Å². The van der Waals surface area contributed by atoms with E-state index in [1.807, 2.05) is 17.8 Å². The number of nitrogens with two attached hydrogens (primary N) is 1. The zero-order valence-corrected chi connectivity index (χ0v) is 13.3. The van der Waals surface area contributed by atoms with Gasteiger partial charge in [0.25, 0.3) is 0 Å². The molecule has 1 rings (SSSR count). The van der Waals surface area contributed by atoms with E-state index in [1.165, 1.54) is 0 Å². The van der Waals surface area contributed by atoms with E-state index in [0.29, 0.717) is 11.9 Å². The lowest BCUT2D eigenvalue weighted by Gasteiger charge is -2.21. The van der Waals surface area contributed by atoms with Crippen molar-refractivity contribution in [2.45, 2.75) is 45.6 Å². The molecule has 0 amide bonds. The van der Waals surface area contributed by atoms with Crippen LogP contribution in [0.25, 0.3) is 0 Å². The van der Waals surface area contributed by atoms with Crippen molar-refractivity contribution in [3.8, 4) is 0 Å². The largest absolute Gasteiger partial charge is 0.366 e. The zero-order chi connectivity index (χ0) is 14.5. The maximum atomic E-state index is 5.48. The van der Waals surface area contributed by atoms with Gasteiger partial charge in [-0.05, 0) is 12.7 Å². The molecule has 1 heterocycles. The van der Waals surface area contributed by atoms with Gasteiger partial charge in [0.05, 0.1) is 0 Å². The number of nitrogens with one attached hydrogen (secondary N) is 2. The van der Waals surface area contributed by atoms with Crippen LogP contribution in [0.15, 0.2) is 6.07 Å². The number of nitrogens with zero attached hydrogens (tertiary/aromatic N) is 2. The average Bonchev–Trinajstić information content (AvgIpc) is 2.36. The van der Waals surface area contributed by atoms with Crippen molar-refractivity contribution in [1.82, 2.24) is 9.97 Å². The molecular weight excluding hydrogens is 258 g/mol. The topological polar surface area (TPSA) is 75.9 Å². The van der Waals surface area contributed by atoms with Crippen LogP contribution in [0.5, 0.6) is 0 Å². The van der Waals surface area contributed by atoms with Crippen LogP contribution in [0.2, 0.25) is 0 Å². The molecule has 0 fully saturated rings. The van der Waals surface area contributed by atoms with Crippen LogP contribution in [0.3, 0.4) is 0 Å². The lowest BCUT2D eigenvalue weighted by atomic mass is 9.96. The Morgan fingerprint density at radius 2 is 1.95 bits per heavy atom. The minimum absolute atomic E-state index is 0.107. The van der Waals surface area contributed by atoms with Crippen molar-refractivity contribution in [1.29, 1.82) is 0 Å². The molecule has 0 aliphatic carbocycles. The molecule has 0 bridgehead atoms. The third kappa shape index (κ3) is 4.87. The second-order valence-corrected chi connectivity index (χ2v) is 6.47. The van der Waals surface area contributed by atoms with Gasteiger partial charge in [-0.15, -0.1) is 0 Å². The van der Waals surface area contributed by atoms with Crippen molar-refractivity contribution >= 4 is 23.4 Å². The van der Waals surface area contributed by atoms with Crippen molar-refractivity contribution in [3.63, 3.8) is 0 Å². The summed E-state index contributed by atoms with van der Waals surface area (Å²) in [4.78, 5) is 9.01. The monoisotopic (exact) mass is 283 g/mol. The fraction of sp³-hybridized carbons (Fsp3) is 0.692. The Hall–Kier alpha value is -1.01. The van der Waals surface area contributed by atoms with Crippen LogP contribution in [0.1, 0.15) is 39.9 Å². The molecule has 0 aliphatic heterocycles. The second kappa shape index (κ2) is 6.96. The highest BCUT2D eigenvalue weighted by atomic mass is 32.2. The van der Waals surface area contributed by atoms with E-state index in [9.17, 15) is 0 Å². The number of aromatic nitrogens is 2. The number of hydrogen-bond donors (Lipinski definition) is 3. The Morgan fingerprint density at radius 1 is 1.32 bits per heavy atom. The summed E-state index contributed by atoms with van der Waals surface area (Å²) in [5.74, 6) is 8.78. The van der Waals surface area contributed by atoms with Gasteiger partial charge in [0.2, 0.25) is 0 Å². The Kier molecular flexibility index (Phi) is 5.87. The molecule has 0 saturated heterocycles. The van der Waals surface area contributed by atoms with Gasteiger partial charge >= 0.3 is 0 Å². The van der Waals surface area contributed by atoms with Crippen molar-refractivity contribution in [2.24, 2.45) is 5.84 Å². The molecule has 19 heavy (non-hydrogen) atoms. The van der Waals surface area contributed by atoms with Gasteiger partial charge in [-0.1, -0.05) is 27.7 Å². The molecular formula is C13H25N5S.